The summed E-state index contributed by atoms with van der Waals surface area (Å²) in [6, 6.07) is -0.955. The fourth-order valence-corrected chi connectivity index (χ4v) is 3.91. The predicted octanol–water partition coefficient (Wildman–Crippen LogP) is 1.62. The van der Waals surface area contributed by atoms with Crippen LogP contribution in [0.4, 0.5) is 0 Å². The number of carbonyl (C=O) groups is 3. The van der Waals surface area contributed by atoms with Gasteiger partial charge in [0, 0.05) is 7.11 Å². The Morgan fingerprint density at radius 2 is 1.81 bits per heavy atom. The summed E-state index contributed by atoms with van der Waals surface area (Å²) in [5, 5.41) is 21.5. The number of amides is 1. The number of aliphatic carboxylic acids is 2. The van der Waals surface area contributed by atoms with Crippen LogP contribution >= 0.6 is 11.8 Å². The van der Waals surface area contributed by atoms with Crippen molar-refractivity contribution in [1.29, 1.82) is 0 Å². The van der Waals surface area contributed by atoms with Gasteiger partial charge in [-0.1, -0.05) is 12.8 Å². The van der Waals surface area contributed by atoms with E-state index >= 15 is 0 Å². The van der Waals surface area contributed by atoms with Crippen LogP contribution in [0.5, 0.6) is 0 Å². The highest BCUT2D eigenvalue weighted by Gasteiger charge is 2.45. The number of thioether (sulfide) groups is 1. The molecule has 0 heterocycles. The summed E-state index contributed by atoms with van der Waals surface area (Å²) in [7, 11) is 1.53. The molecule has 0 aromatic heterocycles. The third-order valence-corrected chi connectivity index (χ3v) is 5.64. The Kier molecular flexibility index (Phi) is 10.7. The summed E-state index contributed by atoms with van der Waals surface area (Å²) in [5.41, 5.74) is -0.846. The maximum absolute atomic E-state index is 12.9. The van der Waals surface area contributed by atoms with Gasteiger partial charge in [0.1, 0.15) is 6.04 Å². The zero-order valence-corrected chi connectivity index (χ0v) is 16.9. The van der Waals surface area contributed by atoms with Crippen molar-refractivity contribution in [3.8, 4) is 0 Å². The number of methoxy groups -OCH3 is 1. The first kappa shape index (κ1) is 23.7. The van der Waals surface area contributed by atoms with Gasteiger partial charge in [-0.15, -0.1) is 0 Å². The number of carboxylic acid groups (broad SMARTS) is 2. The Labute approximate surface area is 164 Å². The molecule has 0 bridgehead atoms. The van der Waals surface area contributed by atoms with E-state index in [0.717, 1.165) is 12.8 Å². The lowest BCUT2D eigenvalue weighted by Crippen LogP contribution is -2.49. The van der Waals surface area contributed by atoms with E-state index in [-0.39, 0.29) is 25.5 Å². The van der Waals surface area contributed by atoms with E-state index in [4.69, 9.17) is 9.47 Å². The molecule has 8 nitrogen and oxygen atoms in total. The molecule has 2 atom stereocenters. The van der Waals surface area contributed by atoms with Crippen molar-refractivity contribution in [2.24, 2.45) is 11.3 Å². The highest BCUT2D eigenvalue weighted by Crippen LogP contribution is 2.43. The maximum atomic E-state index is 12.9. The van der Waals surface area contributed by atoms with E-state index < -0.39 is 29.3 Å². The minimum absolute atomic E-state index is 0.00254. The number of hydrogen-bond acceptors (Lipinski definition) is 6. The molecule has 1 fully saturated rings. The van der Waals surface area contributed by atoms with Gasteiger partial charge < -0.3 is 25.0 Å². The van der Waals surface area contributed by atoms with E-state index in [0.29, 0.717) is 31.6 Å². The fourth-order valence-electron chi connectivity index (χ4n) is 3.44. The van der Waals surface area contributed by atoms with Gasteiger partial charge in [0.2, 0.25) is 5.91 Å². The molecule has 3 N–H and O–H groups in total. The Balaban J connectivity index is 2.80. The Morgan fingerprint density at radius 3 is 2.33 bits per heavy atom. The van der Waals surface area contributed by atoms with E-state index in [1.807, 2.05) is 6.26 Å². The number of rotatable bonds is 14. The molecular formula is C18H31NO7S. The molecule has 0 unspecified atom stereocenters. The van der Waals surface area contributed by atoms with Gasteiger partial charge in [0.05, 0.1) is 31.2 Å². The molecule has 1 aliphatic rings. The average molecular weight is 406 g/mol. The third kappa shape index (κ3) is 7.67. The molecule has 0 aliphatic heterocycles. The first-order valence-electron chi connectivity index (χ1n) is 9.18. The van der Waals surface area contributed by atoms with Crippen LogP contribution in [0.25, 0.3) is 0 Å². The molecule has 0 spiro atoms. The zero-order chi connectivity index (χ0) is 20.3. The predicted molar refractivity (Wildman–Crippen MR) is 102 cm³/mol. The van der Waals surface area contributed by atoms with Crippen molar-refractivity contribution in [3.63, 3.8) is 0 Å². The summed E-state index contributed by atoms with van der Waals surface area (Å²) in [4.78, 5) is 36.0. The number of nitrogens with one attached hydrogen (secondary N) is 1. The molecule has 0 aromatic rings. The molecule has 9 heteroatoms. The Bertz CT molecular complexity index is 494. The number of carboxylic acids is 2. The summed E-state index contributed by atoms with van der Waals surface area (Å²) in [6.07, 6.45) is 5.14. The molecule has 0 aromatic carbocycles. The van der Waals surface area contributed by atoms with Crippen molar-refractivity contribution in [2.75, 3.05) is 38.9 Å². The Hall–Kier alpha value is -1.32. The van der Waals surface area contributed by atoms with E-state index in [1.54, 1.807) is 0 Å². The molecule has 1 amide bonds. The van der Waals surface area contributed by atoms with Crippen LogP contribution in [0.1, 0.15) is 38.5 Å². The second-order valence-electron chi connectivity index (χ2n) is 6.94. The summed E-state index contributed by atoms with van der Waals surface area (Å²) in [5.74, 6) is -2.63. The van der Waals surface area contributed by atoms with E-state index in [1.165, 1.54) is 18.9 Å². The van der Waals surface area contributed by atoms with Crippen LogP contribution in [0, 0.1) is 11.3 Å². The molecule has 1 rings (SSSR count). The molecule has 1 aliphatic carbocycles. The van der Waals surface area contributed by atoms with Crippen molar-refractivity contribution in [2.45, 2.75) is 44.6 Å². The topological polar surface area (TPSA) is 122 Å². The minimum Gasteiger partial charge on any atom is -0.481 e. The SMILES string of the molecule is COCCOC[C@@H](CC1(C(=O)N[C@@H](CCSC)C(=O)O)CCCC1)C(=O)O. The highest BCUT2D eigenvalue weighted by atomic mass is 32.2. The Morgan fingerprint density at radius 1 is 1.15 bits per heavy atom. The highest BCUT2D eigenvalue weighted by molar-refractivity contribution is 7.98. The minimum atomic E-state index is -1.07. The van der Waals surface area contributed by atoms with Crippen molar-refractivity contribution >= 4 is 29.6 Å². The van der Waals surface area contributed by atoms with E-state index in [9.17, 15) is 24.6 Å². The monoisotopic (exact) mass is 405 g/mol. The summed E-state index contributed by atoms with van der Waals surface area (Å²) >= 11 is 1.51. The second kappa shape index (κ2) is 12.2. The first-order valence-corrected chi connectivity index (χ1v) is 10.6. The molecule has 0 saturated heterocycles. The van der Waals surface area contributed by atoms with Gasteiger partial charge in [-0.25, -0.2) is 4.79 Å². The van der Waals surface area contributed by atoms with Crippen LogP contribution in [-0.4, -0.2) is 73.0 Å². The van der Waals surface area contributed by atoms with Crippen LogP contribution in [-0.2, 0) is 23.9 Å². The summed E-state index contributed by atoms with van der Waals surface area (Å²) < 4.78 is 10.3. The van der Waals surface area contributed by atoms with Crippen molar-refractivity contribution < 1.29 is 34.1 Å². The van der Waals surface area contributed by atoms with Gasteiger partial charge >= 0.3 is 11.9 Å². The second-order valence-corrected chi connectivity index (χ2v) is 7.93. The van der Waals surface area contributed by atoms with E-state index in [2.05, 4.69) is 5.32 Å². The summed E-state index contributed by atoms with van der Waals surface area (Å²) in [6.45, 7) is 0.658. The number of hydrogen-bond donors (Lipinski definition) is 3. The van der Waals surface area contributed by atoms with Crippen LogP contribution in [0.2, 0.25) is 0 Å². The van der Waals surface area contributed by atoms with Crippen LogP contribution < -0.4 is 5.32 Å². The molecule has 156 valence electrons. The maximum Gasteiger partial charge on any atom is 0.326 e. The van der Waals surface area contributed by atoms with Gasteiger partial charge in [-0.3, -0.25) is 9.59 Å². The van der Waals surface area contributed by atoms with Gasteiger partial charge in [0.15, 0.2) is 0 Å². The first-order chi connectivity index (χ1) is 12.9. The van der Waals surface area contributed by atoms with Gasteiger partial charge in [-0.2, -0.15) is 11.8 Å². The standard InChI is InChI=1S/C18H31NO7S/c1-25-8-9-26-12-13(15(20)21)11-18(6-3-4-7-18)17(24)19-14(16(22)23)5-10-27-2/h13-14H,3-12H2,1-2H3,(H,19,24)(H,20,21)(H,22,23)/t13-,14+/m1/s1. The quantitative estimate of drug-likeness (QED) is 0.373. The van der Waals surface area contributed by atoms with Gasteiger partial charge in [-0.05, 0) is 37.7 Å². The fraction of sp³-hybridized carbons (Fsp3) is 0.833. The molecular weight excluding hydrogens is 374 g/mol. The van der Waals surface area contributed by atoms with Crippen LogP contribution in [0.15, 0.2) is 0 Å². The lowest BCUT2D eigenvalue weighted by atomic mass is 9.76. The lowest BCUT2D eigenvalue weighted by Gasteiger charge is -2.31. The van der Waals surface area contributed by atoms with Crippen molar-refractivity contribution in [1.82, 2.24) is 5.32 Å². The lowest BCUT2D eigenvalue weighted by molar-refractivity contribution is -0.149. The normalized spacial score (nSPS) is 18.0. The molecule has 1 saturated carbocycles. The largest absolute Gasteiger partial charge is 0.481 e. The molecule has 27 heavy (non-hydrogen) atoms. The number of carbonyl (C=O) groups excluding carboxylic acids is 1. The smallest absolute Gasteiger partial charge is 0.326 e. The third-order valence-electron chi connectivity index (χ3n) is 4.99. The van der Waals surface area contributed by atoms with Crippen LogP contribution in [0.3, 0.4) is 0 Å². The average Bonchev–Trinajstić information content (AvgIpc) is 3.10. The van der Waals surface area contributed by atoms with Gasteiger partial charge in [0.25, 0.3) is 0 Å². The molecule has 0 radical (unpaired) electrons. The number of ether oxygens (including phenoxy) is 2. The van der Waals surface area contributed by atoms with Crippen molar-refractivity contribution in [3.05, 3.63) is 0 Å². The zero-order valence-electron chi connectivity index (χ0n) is 16.1.